The van der Waals surface area contributed by atoms with Gasteiger partial charge in [0.05, 0.1) is 0 Å². The highest BCUT2D eigenvalue weighted by Crippen LogP contribution is 2.30. The lowest BCUT2D eigenvalue weighted by Crippen LogP contribution is -1.83. The van der Waals surface area contributed by atoms with Gasteiger partial charge in [0.2, 0.25) is 0 Å². The summed E-state index contributed by atoms with van der Waals surface area (Å²) < 4.78 is 1.28. The first kappa shape index (κ1) is 10.8. The van der Waals surface area contributed by atoms with Crippen LogP contribution in [-0.4, -0.2) is 0 Å². The SMILES string of the molecule is Ic1cc(-c2ccccc2)c2ccccc2c1. The maximum absolute atomic E-state index is 2.38. The molecule has 0 bridgehead atoms. The fraction of sp³-hybridized carbons (Fsp3) is 0. The first-order chi connectivity index (χ1) is 8.34. The van der Waals surface area contributed by atoms with Crippen molar-refractivity contribution >= 4 is 33.4 Å². The molecule has 0 aromatic heterocycles. The number of rotatable bonds is 1. The van der Waals surface area contributed by atoms with E-state index < -0.39 is 0 Å². The van der Waals surface area contributed by atoms with Crippen LogP contribution in [0.15, 0.2) is 66.7 Å². The third-order valence-corrected chi connectivity index (χ3v) is 3.53. The number of halogens is 1. The minimum absolute atomic E-state index is 1.28. The average molecular weight is 330 g/mol. The molecule has 0 atom stereocenters. The van der Waals surface area contributed by atoms with Gasteiger partial charge in [0.15, 0.2) is 0 Å². The van der Waals surface area contributed by atoms with E-state index in [1.807, 2.05) is 0 Å². The Bertz CT molecular complexity index is 657. The summed E-state index contributed by atoms with van der Waals surface area (Å²) in [7, 11) is 0. The van der Waals surface area contributed by atoms with E-state index in [4.69, 9.17) is 0 Å². The fourth-order valence-corrected chi connectivity index (χ4v) is 2.78. The topological polar surface area (TPSA) is 0 Å². The molecular weight excluding hydrogens is 319 g/mol. The van der Waals surface area contributed by atoms with E-state index in [-0.39, 0.29) is 0 Å². The van der Waals surface area contributed by atoms with Crippen LogP contribution in [0.1, 0.15) is 0 Å². The third-order valence-electron chi connectivity index (χ3n) is 2.91. The molecule has 3 aromatic rings. The molecule has 0 unspecified atom stereocenters. The summed E-state index contributed by atoms with van der Waals surface area (Å²) in [6.45, 7) is 0. The molecule has 1 heteroatoms. The summed E-state index contributed by atoms with van der Waals surface area (Å²) in [6.07, 6.45) is 0. The molecule has 0 N–H and O–H groups in total. The second-order valence-corrected chi connectivity index (χ2v) is 5.29. The van der Waals surface area contributed by atoms with Gasteiger partial charge in [0.1, 0.15) is 0 Å². The predicted molar refractivity (Wildman–Crippen MR) is 82.1 cm³/mol. The zero-order valence-electron chi connectivity index (χ0n) is 9.23. The van der Waals surface area contributed by atoms with Crippen molar-refractivity contribution < 1.29 is 0 Å². The minimum atomic E-state index is 1.28. The normalized spacial score (nSPS) is 10.6. The van der Waals surface area contributed by atoms with Crippen LogP contribution >= 0.6 is 22.6 Å². The second kappa shape index (κ2) is 4.49. The number of hydrogen-bond donors (Lipinski definition) is 0. The maximum Gasteiger partial charge on any atom is 0.0142 e. The molecule has 0 amide bonds. The van der Waals surface area contributed by atoms with Crippen LogP contribution in [0.5, 0.6) is 0 Å². The highest BCUT2D eigenvalue weighted by molar-refractivity contribution is 14.1. The van der Waals surface area contributed by atoms with Crippen molar-refractivity contribution in [2.75, 3.05) is 0 Å². The number of fused-ring (bicyclic) bond motifs is 1. The Morgan fingerprint density at radius 2 is 1.41 bits per heavy atom. The van der Waals surface area contributed by atoms with E-state index in [9.17, 15) is 0 Å². The molecule has 3 aromatic carbocycles. The Hall–Kier alpha value is -1.35. The van der Waals surface area contributed by atoms with Gasteiger partial charge in [0.25, 0.3) is 0 Å². The Labute approximate surface area is 114 Å². The highest BCUT2D eigenvalue weighted by Gasteiger charge is 2.04. The molecular formula is C16H11I. The summed E-state index contributed by atoms with van der Waals surface area (Å²) in [6, 6.07) is 23.6. The van der Waals surface area contributed by atoms with Gasteiger partial charge < -0.3 is 0 Å². The van der Waals surface area contributed by atoms with E-state index >= 15 is 0 Å². The van der Waals surface area contributed by atoms with Crippen LogP contribution in [-0.2, 0) is 0 Å². The van der Waals surface area contributed by atoms with Crippen LogP contribution in [0.25, 0.3) is 21.9 Å². The van der Waals surface area contributed by atoms with Crippen molar-refractivity contribution in [1.82, 2.24) is 0 Å². The van der Waals surface area contributed by atoms with Gasteiger partial charge >= 0.3 is 0 Å². The van der Waals surface area contributed by atoms with E-state index in [2.05, 4.69) is 89.3 Å². The Kier molecular flexibility index (Phi) is 2.85. The van der Waals surface area contributed by atoms with E-state index in [1.165, 1.54) is 25.5 Å². The molecule has 0 nitrogen and oxygen atoms in total. The minimum Gasteiger partial charge on any atom is -0.0622 e. The summed E-state index contributed by atoms with van der Waals surface area (Å²) in [5.41, 5.74) is 2.59. The molecule has 82 valence electrons. The maximum atomic E-state index is 2.38. The van der Waals surface area contributed by atoms with Gasteiger partial charge in [-0.25, -0.2) is 0 Å². The van der Waals surface area contributed by atoms with Crippen molar-refractivity contribution in [3.8, 4) is 11.1 Å². The van der Waals surface area contributed by atoms with E-state index in [0.717, 1.165) is 0 Å². The van der Waals surface area contributed by atoms with E-state index in [0.29, 0.717) is 0 Å². The molecule has 17 heavy (non-hydrogen) atoms. The van der Waals surface area contributed by atoms with Crippen LogP contribution in [0, 0.1) is 3.57 Å². The zero-order valence-corrected chi connectivity index (χ0v) is 11.4. The standard InChI is InChI=1S/C16H11I/c17-14-10-13-8-4-5-9-15(13)16(11-14)12-6-2-1-3-7-12/h1-11H. The highest BCUT2D eigenvalue weighted by atomic mass is 127. The molecule has 0 aliphatic heterocycles. The molecule has 0 saturated carbocycles. The molecule has 0 aliphatic rings. The van der Waals surface area contributed by atoms with Gasteiger partial charge in [0, 0.05) is 3.57 Å². The summed E-state index contributed by atoms with van der Waals surface area (Å²) in [5.74, 6) is 0. The van der Waals surface area contributed by atoms with Gasteiger partial charge in [-0.2, -0.15) is 0 Å². The van der Waals surface area contributed by atoms with Crippen molar-refractivity contribution in [3.63, 3.8) is 0 Å². The van der Waals surface area contributed by atoms with Crippen molar-refractivity contribution in [2.45, 2.75) is 0 Å². The summed E-state index contributed by atoms with van der Waals surface area (Å²) in [5, 5.41) is 2.62. The second-order valence-electron chi connectivity index (χ2n) is 4.04. The van der Waals surface area contributed by atoms with Crippen LogP contribution in [0.4, 0.5) is 0 Å². The van der Waals surface area contributed by atoms with E-state index in [1.54, 1.807) is 0 Å². The smallest absolute Gasteiger partial charge is 0.0142 e. The lowest BCUT2D eigenvalue weighted by Gasteiger charge is -2.08. The molecule has 0 fully saturated rings. The molecule has 0 spiro atoms. The lowest BCUT2D eigenvalue weighted by molar-refractivity contribution is 1.63. The lowest BCUT2D eigenvalue weighted by atomic mass is 9.98. The molecule has 3 rings (SSSR count). The fourth-order valence-electron chi connectivity index (χ4n) is 2.13. The monoisotopic (exact) mass is 330 g/mol. The van der Waals surface area contributed by atoms with Gasteiger partial charge in [-0.15, -0.1) is 0 Å². The Balaban J connectivity index is 2.36. The number of hydrogen-bond acceptors (Lipinski definition) is 0. The quantitative estimate of drug-likeness (QED) is 0.544. The average Bonchev–Trinajstić information content (AvgIpc) is 2.39. The Morgan fingerprint density at radius 3 is 2.24 bits per heavy atom. The molecule has 0 aliphatic carbocycles. The molecule has 0 saturated heterocycles. The van der Waals surface area contributed by atoms with Crippen molar-refractivity contribution in [1.29, 1.82) is 0 Å². The first-order valence-electron chi connectivity index (χ1n) is 5.58. The van der Waals surface area contributed by atoms with Gasteiger partial charge in [-0.05, 0) is 56.6 Å². The van der Waals surface area contributed by atoms with Crippen LogP contribution in [0.2, 0.25) is 0 Å². The van der Waals surface area contributed by atoms with Crippen LogP contribution < -0.4 is 0 Å². The zero-order chi connectivity index (χ0) is 11.7. The first-order valence-corrected chi connectivity index (χ1v) is 6.66. The summed E-state index contributed by atoms with van der Waals surface area (Å²) in [4.78, 5) is 0. The third kappa shape index (κ3) is 2.07. The van der Waals surface area contributed by atoms with Crippen molar-refractivity contribution in [3.05, 3.63) is 70.3 Å². The largest absolute Gasteiger partial charge is 0.0622 e. The summed E-state index contributed by atoms with van der Waals surface area (Å²) >= 11 is 2.38. The Morgan fingerprint density at radius 1 is 0.706 bits per heavy atom. The number of benzene rings is 3. The molecule has 0 heterocycles. The van der Waals surface area contributed by atoms with Gasteiger partial charge in [-0.3, -0.25) is 0 Å². The van der Waals surface area contributed by atoms with Crippen LogP contribution in [0.3, 0.4) is 0 Å². The van der Waals surface area contributed by atoms with Crippen molar-refractivity contribution in [2.24, 2.45) is 0 Å². The predicted octanol–water partition coefficient (Wildman–Crippen LogP) is 5.11. The molecule has 0 radical (unpaired) electrons. The van der Waals surface area contributed by atoms with Gasteiger partial charge in [-0.1, -0.05) is 54.6 Å².